The molecule has 1 aromatic rings. The van der Waals surface area contributed by atoms with E-state index in [0.717, 1.165) is 0 Å². The first-order valence-electron chi connectivity index (χ1n) is 5.12. The Morgan fingerprint density at radius 2 is 1.75 bits per heavy atom. The van der Waals surface area contributed by atoms with Gasteiger partial charge in [0.2, 0.25) is 0 Å². The van der Waals surface area contributed by atoms with E-state index in [4.69, 9.17) is 11.6 Å². The zero-order chi connectivity index (χ0) is 12.3. The minimum absolute atomic E-state index is 0.0958. The van der Waals surface area contributed by atoms with Crippen LogP contribution in [0.5, 0.6) is 0 Å². The van der Waals surface area contributed by atoms with E-state index in [1.165, 1.54) is 0 Å². The van der Waals surface area contributed by atoms with Crippen molar-refractivity contribution in [1.29, 1.82) is 0 Å². The molecule has 0 heterocycles. The molecule has 0 aliphatic rings. The van der Waals surface area contributed by atoms with Crippen molar-refractivity contribution < 1.29 is 13.2 Å². The van der Waals surface area contributed by atoms with Crippen LogP contribution in [0.15, 0.2) is 24.3 Å². The molecule has 1 rings (SSSR count). The topological polar surface area (TPSA) is 0 Å². The van der Waals surface area contributed by atoms with Crippen LogP contribution in [0, 0.1) is 5.92 Å². The van der Waals surface area contributed by atoms with Gasteiger partial charge in [0.25, 0.3) is 0 Å². The van der Waals surface area contributed by atoms with Crippen molar-refractivity contribution in [3.8, 4) is 0 Å². The number of hydrogen-bond donors (Lipinski definition) is 0. The summed E-state index contributed by atoms with van der Waals surface area (Å²) in [6, 6.07) is 6.73. The van der Waals surface area contributed by atoms with E-state index in [1.54, 1.807) is 38.1 Å². The standard InChI is InChI=1S/C12H14ClF3/c1-8(2)10(7-12(14,15)16)9-5-3-4-6-11(9)13/h3-6,8,10H,7H2,1-2H3. The van der Waals surface area contributed by atoms with Gasteiger partial charge >= 0.3 is 6.18 Å². The lowest BCUT2D eigenvalue weighted by molar-refractivity contribution is -0.141. The van der Waals surface area contributed by atoms with Crippen molar-refractivity contribution in [2.45, 2.75) is 32.4 Å². The third-order valence-corrected chi connectivity index (χ3v) is 2.91. The van der Waals surface area contributed by atoms with Gasteiger partial charge in [-0.25, -0.2) is 0 Å². The Morgan fingerprint density at radius 1 is 1.19 bits per heavy atom. The van der Waals surface area contributed by atoms with E-state index >= 15 is 0 Å². The van der Waals surface area contributed by atoms with Gasteiger partial charge in [0.15, 0.2) is 0 Å². The highest BCUT2D eigenvalue weighted by molar-refractivity contribution is 6.31. The second-order valence-electron chi connectivity index (χ2n) is 4.19. The maximum absolute atomic E-state index is 12.4. The highest BCUT2D eigenvalue weighted by Crippen LogP contribution is 2.38. The van der Waals surface area contributed by atoms with Gasteiger partial charge in [0.05, 0.1) is 6.42 Å². The van der Waals surface area contributed by atoms with Gasteiger partial charge in [0.1, 0.15) is 0 Å². The lowest BCUT2D eigenvalue weighted by atomic mass is 9.85. The number of benzene rings is 1. The average molecular weight is 251 g/mol. The van der Waals surface area contributed by atoms with Crippen LogP contribution in [-0.4, -0.2) is 6.18 Å². The largest absolute Gasteiger partial charge is 0.389 e. The van der Waals surface area contributed by atoms with E-state index in [-0.39, 0.29) is 5.92 Å². The summed E-state index contributed by atoms with van der Waals surface area (Å²) >= 11 is 5.92. The fourth-order valence-corrected chi connectivity index (χ4v) is 2.01. The first kappa shape index (κ1) is 13.4. The molecule has 0 N–H and O–H groups in total. The number of halogens is 4. The van der Waals surface area contributed by atoms with Gasteiger partial charge in [-0.3, -0.25) is 0 Å². The van der Waals surface area contributed by atoms with E-state index < -0.39 is 18.5 Å². The zero-order valence-electron chi connectivity index (χ0n) is 9.18. The van der Waals surface area contributed by atoms with E-state index in [0.29, 0.717) is 10.6 Å². The van der Waals surface area contributed by atoms with Crippen molar-refractivity contribution in [3.63, 3.8) is 0 Å². The molecule has 0 saturated heterocycles. The van der Waals surface area contributed by atoms with E-state index in [1.807, 2.05) is 0 Å². The summed E-state index contributed by atoms with van der Waals surface area (Å²) in [5.74, 6) is -0.671. The van der Waals surface area contributed by atoms with E-state index in [2.05, 4.69) is 0 Å². The summed E-state index contributed by atoms with van der Waals surface area (Å²) < 4.78 is 37.3. The molecule has 0 saturated carbocycles. The van der Waals surface area contributed by atoms with Crippen molar-refractivity contribution in [1.82, 2.24) is 0 Å². The molecule has 1 unspecified atom stereocenters. The van der Waals surface area contributed by atoms with Crippen molar-refractivity contribution in [3.05, 3.63) is 34.9 Å². The molecule has 0 amide bonds. The van der Waals surface area contributed by atoms with Crippen LogP contribution in [0.1, 0.15) is 31.7 Å². The van der Waals surface area contributed by atoms with Crippen LogP contribution in [0.2, 0.25) is 5.02 Å². The van der Waals surface area contributed by atoms with Crippen molar-refractivity contribution in [2.24, 2.45) is 5.92 Å². The number of rotatable bonds is 3. The molecule has 0 aromatic heterocycles. The third kappa shape index (κ3) is 3.71. The van der Waals surface area contributed by atoms with Crippen LogP contribution in [0.3, 0.4) is 0 Å². The summed E-state index contributed by atoms with van der Waals surface area (Å²) in [6.45, 7) is 3.56. The van der Waals surface area contributed by atoms with Gasteiger partial charge in [-0.15, -0.1) is 0 Å². The van der Waals surface area contributed by atoms with Gasteiger partial charge in [0, 0.05) is 5.02 Å². The molecule has 1 aromatic carbocycles. The molecule has 16 heavy (non-hydrogen) atoms. The second kappa shape index (κ2) is 5.09. The molecule has 0 radical (unpaired) electrons. The minimum atomic E-state index is -4.16. The number of alkyl halides is 3. The SMILES string of the molecule is CC(C)C(CC(F)(F)F)c1ccccc1Cl. The summed E-state index contributed by atoms with van der Waals surface area (Å²) in [6.07, 6.45) is -4.98. The Kier molecular flexibility index (Phi) is 4.25. The van der Waals surface area contributed by atoms with Crippen LogP contribution in [0.4, 0.5) is 13.2 Å². The maximum Gasteiger partial charge on any atom is 0.389 e. The average Bonchev–Trinajstić information content (AvgIpc) is 2.13. The Labute approximate surface area is 98.4 Å². The van der Waals surface area contributed by atoms with Crippen molar-refractivity contribution in [2.75, 3.05) is 0 Å². The first-order chi connectivity index (χ1) is 7.31. The Hall–Kier alpha value is -0.700. The second-order valence-corrected chi connectivity index (χ2v) is 4.60. The van der Waals surface area contributed by atoms with Crippen LogP contribution in [-0.2, 0) is 0 Å². The molecular weight excluding hydrogens is 237 g/mol. The van der Waals surface area contributed by atoms with Crippen LogP contribution < -0.4 is 0 Å². The summed E-state index contributed by atoms with van der Waals surface area (Å²) in [4.78, 5) is 0. The molecule has 0 aliphatic heterocycles. The van der Waals surface area contributed by atoms with Crippen LogP contribution in [0.25, 0.3) is 0 Å². The molecule has 0 spiro atoms. The van der Waals surface area contributed by atoms with Gasteiger partial charge in [-0.05, 0) is 23.5 Å². The molecule has 1 atom stereocenters. The maximum atomic E-state index is 12.4. The Bertz CT molecular complexity index is 344. The lowest BCUT2D eigenvalue weighted by Crippen LogP contribution is -2.18. The molecule has 90 valence electrons. The quantitative estimate of drug-likeness (QED) is 0.706. The summed E-state index contributed by atoms with van der Waals surface area (Å²) in [5, 5.41) is 0.408. The summed E-state index contributed by atoms with van der Waals surface area (Å²) in [7, 11) is 0. The summed E-state index contributed by atoms with van der Waals surface area (Å²) in [5.41, 5.74) is 0.580. The molecule has 4 heteroatoms. The molecule has 0 bridgehead atoms. The van der Waals surface area contributed by atoms with Gasteiger partial charge in [-0.2, -0.15) is 13.2 Å². The lowest BCUT2D eigenvalue weighted by Gasteiger charge is -2.23. The molecule has 0 aliphatic carbocycles. The highest BCUT2D eigenvalue weighted by atomic mass is 35.5. The van der Waals surface area contributed by atoms with Gasteiger partial charge < -0.3 is 0 Å². The Balaban J connectivity index is 2.99. The normalized spacial score (nSPS) is 14.2. The van der Waals surface area contributed by atoms with E-state index in [9.17, 15) is 13.2 Å². The highest BCUT2D eigenvalue weighted by Gasteiger charge is 2.34. The zero-order valence-corrected chi connectivity index (χ0v) is 9.94. The Morgan fingerprint density at radius 3 is 2.19 bits per heavy atom. The molecular formula is C12H14ClF3. The minimum Gasteiger partial charge on any atom is -0.171 e. The predicted octanol–water partition coefficient (Wildman–Crippen LogP) is 5.03. The fraction of sp³-hybridized carbons (Fsp3) is 0.500. The predicted molar refractivity (Wildman–Crippen MR) is 59.7 cm³/mol. The van der Waals surface area contributed by atoms with Gasteiger partial charge in [-0.1, -0.05) is 43.6 Å². The fourth-order valence-electron chi connectivity index (χ4n) is 1.73. The first-order valence-corrected chi connectivity index (χ1v) is 5.50. The third-order valence-electron chi connectivity index (χ3n) is 2.56. The monoisotopic (exact) mass is 250 g/mol. The smallest absolute Gasteiger partial charge is 0.171 e. The molecule has 0 nitrogen and oxygen atoms in total. The molecule has 0 fully saturated rings. The van der Waals surface area contributed by atoms with Crippen LogP contribution >= 0.6 is 11.6 Å². The number of hydrogen-bond acceptors (Lipinski definition) is 0. The van der Waals surface area contributed by atoms with Crippen molar-refractivity contribution >= 4 is 11.6 Å².